The standard InChI is InChI=1S/C16H11F7O/c1-24-9-5-2-8(3-6-9)4-7-10-12(17)14(19)11(16(21,22)23)15(20)13(10)18/h2-3,5-6H,4,7H2,1H3. The van der Waals surface area contributed by atoms with E-state index in [1.54, 1.807) is 24.3 Å². The van der Waals surface area contributed by atoms with Crippen molar-refractivity contribution in [1.82, 2.24) is 0 Å². The van der Waals surface area contributed by atoms with E-state index in [1.165, 1.54) is 7.11 Å². The van der Waals surface area contributed by atoms with Crippen LogP contribution in [-0.4, -0.2) is 7.11 Å². The van der Waals surface area contributed by atoms with Crippen molar-refractivity contribution >= 4 is 0 Å². The molecular formula is C16H11F7O. The van der Waals surface area contributed by atoms with Crippen LogP contribution in [0.4, 0.5) is 30.7 Å². The van der Waals surface area contributed by atoms with Crippen molar-refractivity contribution in [2.24, 2.45) is 0 Å². The molecule has 0 aromatic heterocycles. The molecular weight excluding hydrogens is 341 g/mol. The molecule has 2 rings (SSSR count). The molecule has 0 N–H and O–H groups in total. The van der Waals surface area contributed by atoms with Gasteiger partial charge in [-0.15, -0.1) is 0 Å². The predicted octanol–water partition coefficient (Wildman–Crippen LogP) is 5.06. The molecule has 0 spiro atoms. The monoisotopic (exact) mass is 352 g/mol. The lowest BCUT2D eigenvalue weighted by atomic mass is 10.0. The molecule has 8 heteroatoms. The molecule has 0 aliphatic carbocycles. The van der Waals surface area contributed by atoms with E-state index in [-0.39, 0.29) is 6.42 Å². The van der Waals surface area contributed by atoms with Crippen LogP contribution in [0.5, 0.6) is 5.75 Å². The molecule has 0 aliphatic heterocycles. The molecule has 0 unspecified atom stereocenters. The summed E-state index contributed by atoms with van der Waals surface area (Å²) in [5, 5.41) is 0. The van der Waals surface area contributed by atoms with Gasteiger partial charge in [0.05, 0.1) is 7.11 Å². The molecule has 1 nitrogen and oxygen atoms in total. The van der Waals surface area contributed by atoms with Gasteiger partial charge in [-0.05, 0) is 30.5 Å². The maximum Gasteiger partial charge on any atom is 0.422 e. The van der Waals surface area contributed by atoms with E-state index in [2.05, 4.69) is 0 Å². The zero-order chi connectivity index (χ0) is 18.1. The number of aryl methyl sites for hydroxylation is 1. The zero-order valence-electron chi connectivity index (χ0n) is 12.3. The van der Waals surface area contributed by atoms with E-state index in [1.807, 2.05) is 0 Å². The van der Waals surface area contributed by atoms with E-state index in [4.69, 9.17) is 4.74 Å². The number of methoxy groups -OCH3 is 1. The second-order valence-corrected chi connectivity index (χ2v) is 4.96. The zero-order valence-corrected chi connectivity index (χ0v) is 12.3. The Labute approximate surface area is 132 Å². The van der Waals surface area contributed by atoms with Gasteiger partial charge in [0.2, 0.25) is 0 Å². The lowest BCUT2D eigenvalue weighted by molar-refractivity contribution is -0.143. The van der Waals surface area contributed by atoms with Crippen LogP contribution >= 0.6 is 0 Å². The van der Waals surface area contributed by atoms with Gasteiger partial charge in [0.1, 0.15) is 11.3 Å². The van der Waals surface area contributed by atoms with Gasteiger partial charge in [-0.2, -0.15) is 13.2 Å². The molecule has 0 saturated carbocycles. The highest BCUT2D eigenvalue weighted by Gasteiger charge is 2.42. The van der Waals surface area contributed by atoms with Crippen LogP contribution in [0.1, 0.15) is 16.7 Å². The fourth-order valence-corrected chi connectivity index (χ4v) is 2.21. The van der Waals surface area contributed by atoms with Gasteiger partial charge in [0.15, 0.2) is 23.3 Å². The van der Waals surface area contributed by atoms with Crippen LogP contribution in [-0.2, 0) is 19.0 Å². The molecule has 0 bridgehead atoms. The van der Waals surface area contributed by atoms with E-state index < -0.39 is 47.0 Å². The Kier molecular flexibility index (Phi) is 5.05. The van der Waals surface area contributed by atoms with Crippen LogP contribution in [0.2, 0.25) is 0 Å². The summed E-state index contributed by atoms with van der Waals surface area (Å²) in [6.45, 7) is 0. The van der Waals surface area contributed by atoms with Crippen molar-refractivity contribution in [3.63, 3.8) is 0 Å². The Bertz CT molecular complexity index is 707. The summed E-state index contributed by atoms with van der Waals surface area (Å²) in [5.41, 5.74) is -3.06. The van der Waals surface area contributed by atoms with Crippen molar-refractivity contribution in [3.8, 4) is 5.75 Å². The number of benzene rings is 2. The van der Waals surface area contributed by atoms with E-state index >= 15 is 0 Å². The summed E-state index contributed by atoms with van der Waals surface area (Å²) in [5.74, 6) is -8.41. The number of ether oxygens (including phenoxy) is 1. The van der Waals surface area contributed by atoms with Crippen LogP contribution in [0.25, 0.3) is 0 Å². The summed E-state index contributed by atoms with van der Waals surface area (Å²) >= 11 is 0. The number of hydrogen-bond acceptors (Lipinski definition) is 1. The van der Waals surface area contributed by atoms with Crippen LogP contribution in [0.15, 0.2) is 24.3 Å². The normalized spacial score (nSPS) is 11.7. The summed E-state index contributed by atoms with van der Waals surface area (Å²) < 4.78 is 96.9. The molecule has 0 amide bonds. The lowest BCUT2D eigenvalue weighted by Crippen LogP contribution is -2.17. The molecule has 0 fully saturated rings. The maximum absolute atomic E-state index is 13.8. The van der Waals surface area contributed by atoms with Crippen molar-refractivity contribution in [2.45, 2.75) is 19.0 Å². The number of hydrogen-bond donors (Lipinski definition) is 0. The third kappa shape index (κ3) is 3.47. The first-order valence-corrected chi connectivity index (χ1v) is 6.71. The predicted molar refractivity (Wildman–Crippen MR) is 71.7 cm³/mol. The maximum atomic E-state index is 13.8. The molecule has 0 radical (unpaired) electrons. The van der Waals surface area contributed by atoms with Gasteiger partial charge < -0.3 is 4.74 Å². The topological polar surface area (TPSA) is 9.23 Å². The molecule has 0 atom stereocenters. The minimum absolute atomic E-state index is 0.0257. The van der Waals surface area contributed by atoms with E-state index in [0.717, 1.165) is 0 Å². The lowest BCUT2D eigenvalue weighted by Gasteiger charge is -2.14. The van der Waals surface area contributed by atoms with Gasteiger partial charge in [0.25, 0.3) is 0 Å². The highest BCUT2D eigenvalue weighted by Crippen LogP contribution is 2.37. The molecule has 0 aliphatic rings. The van der Waals surface area contributed by atoms with Gasteiger partial charge in [0, 0.05) is 5.56 Å². The Morgan fingerprint density at radius 2 is 1.29 bits per heavy atom. The fraction of sp³-hybridized carbons (Fsp3) is 0.250. The fourth-order valence-electron chi connectivity index (χ4n) is 2.21. The van der Waals surface area contributed by atoms with Crippen LogP contribution < -0.4 is 4.74 Å². The van der Waals surface area contributed by atoms with Gasteiger partial charge >= 0.3 is 6.18 Å². The van der Waals surface area contributed by atoms with Crippen molar-refractivity contribution in [3.05, 3.63) is 64.2 Å². The van der Waals surface area contributed by atoms with E-state index in [9.17, 15) is 30.7 Å². The Balaban J connectivity index is 2.34. The number of halogens is 7. The minimum Gasteiger partial charge on any atom is -0.497 e. The van der Waals surface area contributed by atoms with Gasteiger partial charge in [-0.25, -0.2) is 17.6 Å². The summed E-state index contributed by atoms with van der Waals surface area (Å²) in [7, 11) is 1.44. The minimum atomic E-state index is -5.54. The molecule has 0 heterocycles. The Morgan fingerprint density at radius 3 is 1.71 bits per heavy atom. The molecule has 2 aromatic carbocycles. The number of alkyl halides is 3. The van der Waals surface area contributed by atoms with Crippen molar-refractivity contribution in [1.29, 1.82) is 0 Å². The second-order valence-electron chi connectivity index (χ2n) is 4.96. The molecule has 130 valence electrons. The average Bonchev–Trinajstić information content (AvgIpc) is 2.52. The summed E-state index contributed by atoms with van der Waals surface area (Å²) in [6.07, 6.45) is -6.07. The van der Waals surface area contributed by atoms with Crippen molar-refractivity contribution < 1.29 is 35.5 Å². The summed E-state index contributed by atoms with van der Waals surface area (Å²) in [4.78, 5) is 0. The second kappa shape index (κ2) is 6.70. The molecule has 0 saturated heterocycles. The average molecular weight is 352 g/mol. The third-order valence-electron chi connectivity index (χ3n) is 3.46. The summed E-state index contributed by atoms with van der Waals surface area (Å²) in [6, 6.07) is 6.25. The first-order chi connectivity index (χ1) is 11.2. The van der Waals surface area contributed by atoms with E-state index in [0.29, 0.717) is 11.3 Å². The third-order valence-corrected chi connectivity index (χ3v) is 3.46. The SMILES string of the molecule is COc1ccc(CCc2c(F)c(F)c(C(F)(F)F)c(F)c2F)cc1. The Hall–Kier alpha value is -2.25. The number of rotatable bonds is 4. The van der Waals surface area contributed by atoms with Gasteiger partial charge in [-0.3, -0.25) is 0 Å². The van der Waals surface area contributed by atoms with Gasteiger partial charge in [-0.1, -0.05) is 12.1 Å². The highest BCUT2D eigenvalue weighted by molar-refractivity contribution is 5.33. The largest absolute Gasteiger partial charge is 0.497 e. The smallest absolute Gasteiger partial charge is 0.422 e. The quantitative estimate of drug-likeness (QED) is 0.552. The van der Waals surface area contributed by atoms with Crippen molar-refractivity contribution in [2.75, 3.05) is 7.11 Å². The highest BCUT2D eigenvalue weighted by atomic mass is 19.4. The Morgan fingerprint density at radius 1 is 0.792 bits per heavy atom. The molecule has 24 heavy (non-hydrogen) atoms. The van der Waals surface area contributed by atoms with Crippen LogP contribution in [0.3, 0.4) is 0 Å². The molecule has 2 aromatic rings. The first kappa shape index (κ1) is 18.1. The van der Waals surface area contributed by atoms with Crippen LogP contribution in [0, 0.1) is 23.3 Å². The first-order valence-electron chi connectivity index (χ1n) is 6.71.